The highest BCUT2D eigenvalue weighted by atomic mass is 32.1. The predicted molar refractivity (Wildman–Crippen MR) is 139 cm³/mol. The Morgan fingerprint density at radius 1 is 1.22 bits per heavy atom. The minimum Gasteiger partial charge on any atom is -0.507 e. The van der Waals surface area contributed by atoms with Crippen LogP contribution in [-0.2, 0) is 16.0 Å². The smallest absolute Gasteiger partial charge is 0.301 e. The fourth-order valence-corrected chi connectivity index (χ4v) is 5.39. The molecule has 0 radical (unpaired) electrons. The number of hydrogen-bond acceptors (Lipinski definition) is 7. The van der Waals surface area contributed by atoms with Crippen LogP contribution in [0.3, 0.4) is 0 Å². The number of aliphatic hydroxyl groups excluding tert-OH is 1. The van der Waals surface area contributed by atoms with Gasteiger partial charge in [0.25, 0.3) is 5.78 Å². The van der Waals surface area contributed by atoms with E-state index in [0.717, 1.165) is 30.6 Å². The lowest BCUT2D eigenvalue weighted by atomic mass is 9.94. The van der Waals surface area contributed by atoms with Gasteiger partial charge in [-0.05, 0) is 54.8 Å². The van der Waals surface area contributed by atoms with E-state index in [0.29, 0.717) is 35.0 Å². The van der Waals surface area contributed by atoms with Gasteiger partial charge >= 0.3 is 5.91 Å². The first kappa shape index (κ1) is 24.1. The molecule has 1 aromatic heterocycles. The van der Waals surface area contributed by atoms with E-state index in [1.807, 2.05) is 37.3 Å². The molecule has 1 saturated heterocycles. The number of hydrogen-bond donors (Lipinski definition) is 1. The Morgan fingerprint density at radius 3 is 2.86 bits per heavy atom. The van der Waals surface area contributed by atoms with E-state index in [1.165, 1.54) is 16.2 Å². The fourth-order valence-electron chi connectivity index (χ4n) is 4.72. The molecule has 0 unspecified atom stereocenters. The third-order valence-electron chi connectivity index (χ3n) is 6.43. The highest BCUT2D eigenvalue weighted by molar-refractivity contribution is 7.14. The number of unbranched alkanes of at least 4 members (excludes halogenated alkanes) is 2. The van der Waals surface area contributed by atoms with Gasteiger partial charge in [0.1, 0.15) is 23.4 Å². The Hall–Kier alpha value is -3.65. The van der Waals surface area contributed by atoms with Crippen molar-refractivity contribution in [2.75, 3.05) is 11.5 Å². The minimum absolute atomic E-state index is 0.0326. The number of carbonyl (C=O) groups is 2. The van der Waals surface area contributed by atoms with E-state index in [2.05, 4.69) is 11.9 Å². The average Bonchev–Trinajstić information content (AvgIpc) is 3.59. The number of fused-ring (bicyclic) bond motifs is 1. The monoisotopic (exact) mass is 504 g/mol. The summed E-state index contributed by atoms with van der Waals surface area (Å²) in [6.07, 6.45) is 5.47. The molecule has 2 aliphatic heterocycles. The standard InChI is InChI=1S/C28H28N2O5S/c1-3-4-5-12-34-21-8-6-7-18(16-21)24-23(26(32)27(33)30(24)28-29-11-13-36-28)25(31)19-9-10-22-20(15-19)14-17(2)35-22/h6-11,13,15-17,24,31H,3-5,12,14H2,1-2H3/t17-,24-/m1/s1. The van der Waals surface area contributed by atoms with E-state index in [4.69, 9.17) is 9.47 Å². The molecule has 0 spiro atoms. The van der Waals surface area contributed by atoms with Crippen LogP contribution in [0.1, 0.15) is 55.8 Å². The number of aliphatic hydroxyl groups is 1. The first-order chi connectivity index (χ1) is 17.5. The fraction of sp³-hybridized carbons (Fsp3) is 0.321. The molecule has 5 rings (SSSR count). The number of benzene rings is 2. The Bertz CT molecular complexity index is 1320. The maximum Gasteiger partial charge on any atom is 0.301 e. The summed E-state index contributed by atoms with van der Waals surface area (Å²) < 4.78 is 11.7. The molecule has 7 nitrogen and oxygen atoms in total. The van der Waals surface area contributed by atoms with Crippen molar-refractivity contribution in [2.24, 2.45) is 0 Å². The number of amides is 1. The molecular weight excluding hydrogens is 476 g/mol. The van der Waals surface area contributed by atoms with Gasteiger partial charge in [-0.25, -0.2) is 4.98 Å². The summed E-state index contributed by atoms with van der Waals surface area (Å²) in [5, 5.41) is 13.6. The van der Waals surface area contributed by atoms with E-state index in [-0.39, 0.29) is 17.4 Å². The van der Waals surface area contributed by atoms with Gasteiger partial charge in [0.2, 0.25) is 0 Å². The molecule has 186 valence electrons. The molecule has 0 aliphatic carbocycles. The minimum atomic E-state index is -0.834. The zero-order chi connectivity index (χ0) is 25.2. The molecule has 0 saturated carbocycles. The topological polar surface area (TPSA) is 89.0 Å². The second kappa shape index (κ2) is 10.1. The summed E-state index contributed by atoms with van der Waals surface area (Å²) in [5.74, 6) is -0.256. The maximum absolute atomic E-state index is 13.3. The number of Topliss-reactive ketones (excluding diaryl/α,β-unsaturated/α-hetero) is 1. The third kappa shape index (κ3) is 4.48. The van der Waals surface area contributed by atoms with E-state index >= 15 is 0 Å². The number of aromatic nitrogens is 1. The number of nitrogens with zero attached hydrogens (tertiary/aromatic N) is 2. The maximum atomic E-state index is 13.3. The molecule has 2 aromatic carbocycles. The Morgan fingerprint density at radius 2 is 2.08 bits per heavy atom. The second-order valence-electron chi connectivity index (χ2n) is 9.07. The highest BCUT2D eigenvalue weighted by Gasteiger charge is 2.48. The van der Waals surface area contributed by atoms with Crippen LogP contribution < -0.4 is 14.4 Å². The van der Waals surface area contributed by atoms with E-state index in [9.17, 15) is 14.7 Å². The molecule has 1 N–H and O–H groups in total. The van der Waals surface area contributed by atoms with Crippen molar-refractivity contribution >= 4 is 33.9 Å². The van der Waals surface area contributed by atoms with Crippen LogP contribution in [0.2, 0.25) is 0 Å². The van der Waals surface area contributed by atoms with Crippen molar-refractivity contribution in [1.29, 1.82) is 0 Å². The molecule has 2 atom stereocenters. The van der Waals surface area contributed by atoms with Crippen molar-refractivity contribution in [3.05, 3.63) is 76.3 Å². The molecule has 0 bridgehead atoms. The molecule has 1 fully saturated rings. The number of ether oxygens (including phenoxy) is 2. The third-order valence-corrected chi connectivity index (χ3v) is 7.20. The predicted octanol–water partition coefficient (Wildman–Crippen LogP) is 5.66. The summed E-state index contributed by atoms with van der Waals surface area (Å²) in [4.78, 5) is 32.2. The van der Waals surface area contributed by atoms with Gasteiger partial charge in [-0.3, -0.25) is 14.5 Å². The van der Waals surface area contributed by atoms with Gasteiger partial charge in [-0.2, -0.15) is 0 Å². The zero-order valence-corrected chi connectivity index (χ0v) is 21.1. The number of anilines is 1. The van der Waals surface area contributed by atoms with Crippen molar-refractivity contribution in [3.63, 3.8) is 0 Å². The summed E-state index contributed by atoms with van der Waals surface area (Å²) >= 11 is 1.26. The summed E-state index contributed by atoms with van der Waals surface area (Å²) in [6, 6.07) is 11.9. The van der Waals surface area contributed by atoms with Gasteiger partial charge in [0, 0.05) is 23.6 Å². The highest BCUT2D eigenvalue weighted by Crippen LogP contribution is 2.44. The van der Waals surface area contributed by atoms with Crippen molar-refractivity contribution in [3.8, 4) is 11.5 Å². The molecule has 2 aliphatic rings. The van der Waals surface area contributed by atoms with Crippen molar-refractivity contribution in [2.45, 2.75) is 51.7 Å². The van der Waals surface area contributed by atoms with Crippen LogP contribution in [-0.4, -0.2) is 34.5 Å². The Labute approximate surface area is 214 Å². The summed E-state index contributed by atoms with van der Waals surface area (Å²) in [6.45, 7) is 4.70. The SMILES string of the molecule is CCCCCOc1cccc([C@@H]2C(=C(O)c3ccc4c(c3)C[C@@H](C)O4)C(=O)C(=O)N2c2nccs2)c1. The molecular formula is C28H28N2O5S. The number of thiazole rings is 1. The molecule has 8 heteroatoms. The largest absolute Gasteiger partial charge is 0.507 e. The molecule has 3 heterocycles. The van der Waals surface area contributed by atoms with Crippen LogP contribution >= 0.6 is 11.3 Å². The number of carbonyl (C=O) groups excluding carboxylic acids is 2. The zero-order valence-electron chi connectivity index (χ0n) is 20.3. The molecule has 1 amide bonds. The van der Waals surface area contributed by atoms with Crippen LogP contribution in [0, 0.1) is 0 Å². The lowest BCUT2D eigenvalue weighted by Gasteiger charge is -2.23. The lowest BCUT2D eigenvalue weighted by molar-refractivity contribution is -0.132. The van der Waals surface area contributed by atoms with E-state index in [1.54, 1.807) is 23.7 Å². The quantitative estimate of drug-likeness (QED) is 0.184. The van der Waals surface area contributed by atoms with Gasteiger partial charge in [0.15, 0.2) is 5.13 Å². The average molecular weight is 505 g/mol. The van der Waals surface area contributed by atoms with Crippen molar-refractivity contribution < 1.29 is 24.2 Å². The van der Waals surface area contributed by atoms with Crippen LogP contribution in [0.25, 0.3) is 5.76 Å². The molecule has 36 heavy (non-hydrogen) atoms. The summed E-state index contributed by atoms with van der Waals surface area (Å²) in [5.41, 5.74) is 2.13. The van der Waals surface area contributed by atoms with E-state index < -0.39 is 17.7 Å². The van der Waals surface area contributed by atoms with Gasteiger partial charge in [-0.1, -0.05) is 31.9 Å². The first-order valence-corrected chi connectivity index (χ1v) is 13.1. The summed E-state index contributed by atoms with van der Waals surface area (Å²) in [7, 11) is 0. The van der Waals surface area contributed by atoms with Gasteiger partial charge < -0.3 is 14.6 Å². The van der Waals surface area contributed by atoms with Crippen LogP contribution in [0.15, 0.2) is 59.6 Å². The Kier molecular flexibility index (Phi) is 6.78. The van der Waals surface area contributed by atoms with Crippen molar-refractivity contribution in [1.82, 2.24) is 4.98 Å². The second-order valence-corrected chi connectivity index (χ2v) is 9.94. The normalized spacial score (nSPS) is 20.4. The van der Waals surface area contributed by atoms with Gasteiger partial charge in [-0.15, -0.1) is 11.3 Å². The van der Waals surface area contributed by atoms with Crippen LogP contribution in [0.5, 0.6) is 11.5 Å². The Balaban J connectivity index is 1.58. The molecule has 3 aromatic rings. The lowest BCUT2D eigenvalue weighted by Crippen LogP contribution is -2.29. The van der Waals surface area contributed by atoms with Crippen LogP contribution in [0.4, 0.5) is 5.13 Å². The number of rotatable bonds is 8. The first-order valence-electron chi connectivity index (χ1n) is 12.2. The van der Waals surface area contributed by atoms with Gasteiger partial charge in [0.05, 0.1) is 18.2 Å². The number of ketones is 1.